The van der Waals surface area contributed by atoms with E-state index in [0.29, 0.717) is 31.4 Å². The number of para-hydroxylation sites is 1. The van der Waals surface area contributed by atoms with Gasteiger partial charge in [0.2, 0.25) is 5.88 Å². The fourth-order valence-electron chi connectivity index (χ4n) is 2.09. The van der Waals surface area contributed by atoms with Gasteiger partial charge in [0.05, 0.1) is 0 Å². The fourth-order valence-corrected chi connectivity index (χ4v) is 2.09. The Labute approximate surface area is 159 Å². The van der Waals surface area contributed by atoms with Gasteiger partial charge in [-0.2, -0.15) is 5.10 Å². The predicted molar refractivity (Wildman–Crippen MR) is 105 cm³/mol. The van der Waals surface area contributed by atoms with E-state index in [2.05, 4.69) is 26.0 Å². The summed E-state index contributed by atoms with van der Waals surface area (Å²) in [4.78, 5) is 0. The van der Waals surface area contributed by atoms with Crippen molar-refractivity contribution in [2.45, 2.75) is 26.9 Å². The van der Waals surface area contributed by atoms with Gasteiger partial charge >= 0.3 is 0 Å². The average molecular weight is 373 g/mol. The molecule has 0 aliphatic carbocycles. The van der Waals surface area contributed by atoms with E-state index in [0.717, 1.165) is 17.0 Å². The molecule has 0 aliphatic rings. The summed E-state index contributed by atoms with van der Waals surface area (Å²) in [6.45, 7) is 7.38. The third kappa shape index (κ3) is 8.02. The van der Waals surface area contributed by atoms with E-state index < -0.39 is 6.10 Å². The number of aliphatic hydroxyl groups is 1. The van der Waals surface area contributed by atoms with Gasteiger partial charge in [0, 0.05) is 24.9 Å². The molecule has 3 N–H and O–H groups in total. The maximum absolute atomic E-state index is 9.97. The highest BCUT2D eigenvalue weighted by molar-refractivity contribution is 5.79. The van der Waals surface area contributed by atoms with Gasteiger partial charge in [-0.3, -0.25) is 5.43 Å². The molecule has 1 aromatic heterocycles. The number of hydrogen-bond donors (Lipinski definition) is 3. The van der Waals surface area contributed by atoms with Crippen molar-refractivity contribution < 1.29 is 14.6 Å². The van der Waals surface area contributed by atoms with Crippen LogP contribution in [0.25, 0.3) is 0 Å². The number of aryl methyl sites for hydroxylation is 1. The van der Waals surface area contributed by atoms with Gasteiger partial charge in [0.25, 0.3) is 0 Å². The summed E-state index contributed by atoms with van der Waals surface area (Å²) in [5.74, 6) is 1.78. The smallest absolute Gasteiger partial charge is 0.233 e. The molecule has 0 spiro atoms. The molecule has 1 aromatic carbocycles. The molecule has 0 fully saturated rings. The van der Waals surface area contributed by atoms with Gasteiger partial charge in [-0.1, -0.05) is 18.2 Å². The van der Waals surface area contributed by atoms with E-state index in [4.69, 9.17) is 9.47 Å². The molecule has 0 amide bonds. The number of ether oxygens (including phenoxy) is 2. The van der Waals surface area contributed by atoms with Crippen LogP contribution in [0.2, 0.25) is 0 Å². The van der Waals surface area contributed by atoms with Crippen LogP contribution < -0.4 is 20.2 Å². The van der Waals surface area contributed by atoms with E-state index in [1.165, 1.54) is 0 Å². The lowest BCUT2D eigenvalue weighted by atomic mass is 10.2. The summed E-state index contributed by atoms with van der Waals surface area (Å²) in [6.07, 6.45) is -0.600. The van der Waals surface area contributed by atoms with Crippen LogP contribution in [0.3, 0.4) is 0 Å². The highest BCUT2D eigenvalue weighted by Gasteiger charge is 2.06. The number of rotatable bonds is 11. The number of aliphatic hydroxyl groups excluding tert-OH is 1. The van der Waals surface area contributed by atoms with E-state index in [9.17, 15) is 5.11 Å². The Morgan fingerprint density at radius 3 is 2.67 bits per heavy atom. The number of hydrazone groups is 1. The van der Waals surface area contributed by atoms with Crippen molar-refractivity contribution in [3.8, 4) is 11.6 Å². The quantitative estimate of drug-likeness (QED) is 0.315. The van der Waals surface area contributed by atoms with Gasteiger partial charge < -0.3 is 19.9 Å². The first-order valence-corrected chi connectivity index (χ1v) is 8.85. The molecule has 1 unspecified atom stereocenters. The summed E-state index contributed by atoms with van der Waals surface area (Å²) >= 11 is 0. The lowest BCUT2D eigenvalue weighted by Crippen LogP contribution is -2.33. The molecule has 2 rings (SSSR count). The molecule has 8 nitrogen and oxygen atoms in total. The Hall–Kier alpha value is -2.71. The molecule has 1 heterocycles. The predicted octanol–water partition coefficient (Wildman–Crippen LogP) is 2.00. The number of aromatic nitrogens is 2. The standard InChI is InChI=1S/C19H27N5O3/c1-14(2)21-22-18-8-9-19(24-23-18)26-11-10-20-12-16(25)13-27-17-7-5-4-6-15(17)3/h4-9,16,20,25H,10-13H2,1-3H3,(H,22,23). The summed E-state index contributed by atoms with van der Waals surface area (Å²) < 4.78 is 11.1. The molecule has 8 heteroatoms. The van der Waals surface area contributed by atoms with Crippen molar-refractivity contribution in [2.24, 2.45) is 5.10 Å². The van der Waals surface area contributed by atoms with Gasteiger partial charge in [-0.25, -0.2) is 0 Å². The highest BCUT2D eigenvalue weighted by Crippen LogP contribution is 2.16. The van der Waals surface area contributed by atoms with Crippen LogP contribution >= 0.6 is 0 Å². The van der Waals surface area contributed by atoms with Crippen molar-refractivity contribution >= 4 is 11.5 Å². The molecule has 0 bridgehead atoms. The Kier molecular flexibility index (Phi) is 8.47. The third-order valence-electron chi connectivity index (χ3n) is 3.47. The molecular weight excluding hydrogens is 346 g/mol. The van der Waals surface area contributed by atoms with Crippen LogP contribution in [0, 0.1) is 6.92 Å². The van der Waals surface area contributed by atoms with Crippen molar-refractivity contribution in [1.29, 1.82) is 0 Å². The molecule has 0 saturated carbocycles. The second-order valence-corrected chi connectivity index (χ2v) is 6.21. The van der Waals surface area contributed by atoms with E-state index >= 15 is 0 Å². The van der Waals surface area contributed by atoms with Gasteiger partial charge in [-0.15, -0.1) is 10.2 Å². The maximum atomic E-state index is 9.97. The molecule has 2 aromatic rings. The van der Waals surface area contributed by atoms with Crippen LogP contribution in [-0.2, 0) is 0 Å². The number of hydrogen-bond acceptors (Lipinski definition) is 8. The monoisotopic (exact) mass is 373 g/mol. The lowest BCUT2D eigenvalue weighted by molar-refractivity contribution is 0.105. The minimum atomic E-state index is -0.600. The van der Waals surface area contributed by atoms with Crippen molar-refractivity contribution in [3.63, 3.8) is 0 Å². The first kappa shape index (κ1) is 20.6. The normalized spacial score (nSPS) is 11.6. The summed E-state index contributed by atoms with van der Waals surface area (Å²) in [5, 5.41) is 25.1. The van der Waals surface area contributed by atoms with Crippen molar-refractivity contribution in [3.05, 3.63) is 42.0 Å². The van der Waals surface area contributed by atoms with Crippen LogP contribution in [0.4, 0.5) is 5.82 Å². The first-order chi connectivity index (χ1) is 13.0. The maximum Gasteiger partial charge on any atom is 0.233 e. The minimum absolute atomic E-state index is 0.234. The topological polar surface area (TPSA) is 101 Å². The minimum Gasteiger partial charge on any atom is -0.491 e. The van der Waals surface area contributed by atoms with Crippen molar-refractivity contribution in [1.82, 2.24) is 15.5 Å². The van der Waals surface area contributed by atoms with Crippen LogP contribution in [0.5, 0.6) is 11.6 Å². The second-order valence-electron chi connectivity index (χ2n) is 6.21. The average Bonchev–Trinajstić information content (AvgIpc) is 2.66. The molecule has 0 saturated heterocycles. The number of anilines is 1. The number of benzene rings is 1. The van der Waals surface area contributed by atoms with Crippen molar-refractivity contribution in [2.75, 3.05) is 31.7 Å². The third-order valence-corrected chi connectivity index (χ3v) is 3.47. The number of nitrogens with one attached hydrogen (secondary N) is 2. The number of nitrogens with zero attached hydrogens (tertiary/aromatic N) is 3. The van der Waals surface area contributed by atoms with E-state index in [-0.39, 0.29) is 6.61 Å². The van der Waals surface area contributed by atoms with Gasteiger partial charge in [0.1, 0.15) is 25.1 Å². The van der Waals surface area contributed by atoms with E-state index in [1.807, 2.05) is 45.0 Å². The Balaban J connectivity index is 1.58. The Bertz CT molecular complexity index is 718. The zero-order chi connectivity index (χ0) is 19.5. The van der Waals surface area contributed by atoms with E-state index in [1.54, 1.807) is 12.1 Å². The van der Waals surface area contributed by atoms with Crippen LogP contribution in [0.15, 0.2) is 41.5 Å². The van der Waals surface area contributed by atoms with Crippen LogP contribution in [0.1, 0.15) is 19.4 Å². The lowest BCUT2D eigenvalue weighted by Gasteiger charge is -2.14. The summed E-state index contributed by atoms with van der Waals surface area (Å²) in [5.41, 5.74) is 4.74. The summed E-state index contributed by atoms with van der Waals surface area (Å²) in [7, 11) is 0. The Morgan fingerprint density at radius 2 is 1.96 bits per heavy atom. The van der Waals surface area contributed by atoms with Crippen LogP contribution in [-0.4, -0.2) is 53.4 Å². The molecule has 27 heavy (non-hydrogen) atoms. The SMILES string of the molecule is CC(C)=NNc1ccc(OCCNCC(O)COc2ccccc2C)nn1. The second kappa shape index (κ2) is 11.1. The largest absolute Gasteiger partial charge is 0.491 e. The zero-order valence-corrected chi connectivity index (χ0v) is 16.0. The highest BCUT2D eigenvalue weighted by atomic mass is 16.5. The zero-order valence-electron chi connectivity index (χ0n) is 16.0. The van der Waals surface area contributed by atoms with Gasteiger partial charge in [-0.05, 0) is 38.5 Å². The summed E-state index contributed by atoms with van der Waals surface area (Å²) in [6, 6.07) is 11.2. The Morgan fingerprint density at radius 1 is 1.15 bits per heavy atom. The molecule has 146 valence electrons. The fraction of sp³-hybridized carbons (Fsp3) is 0.421. The molecular formula is C19H27N5O3. The molecule has 0 aliphatic heterocycles. The molecule has 1 atom stereocenters. The first-order valence-electron chi connectivity index (χ1n) is 8.85. The molecule has 0 radical (unpaired) electrons. The van der Waals surface area contributed by atoms with Gasteiger partial charge in [0.15, 0.2) is 5.82 Å².